The molecule has 0 aromatic heterocycles. The molecule has 6 heteroatoms. The van der Waals surface area contributed by atoms with Crippen molar-refractivity contribution in [3.63, 3.8) is 0 Å². The second-order valence-electron chi connectivity index (χ2n) is 22.4. The summed E-state index contributed by atoms with van der Waals surface area (Å²) in [5, 5.41) is 3.42. The lowest BCUT2D eigenvalue weighted by Gasteiger charge is -2.57. The second-order valence-corrected chi connectivity index (χ2v) is 22.4. The Morgan fingerprint density at radius 1 is 0.540 bits per heavy atom. The molecule has 0 aliphatic heterocycles. The van der Waals surface area contributed by atoms with Crippen LogP contribution in [0.5, 0.6) is 0 Å². The molecule has 0 heterocycles. The first-order valence-electron chi connectivity index (χ1n) is 25.6. The van der Waals surface area contributed by atoms with E-state index in [1.54, 1.807) is 18.2 Å². The van der Waals surface area contributed by atoms with Gasteiger partial charge < -0.3 is 15.1 Å². The molecular weight excluding hydrogens is 784 g/mol. The quantitative estimate of drug-likeness (QED) is 0.164. The molecule has 6 saturated carbocycles. The van der Waals surface area contributed by atoms with Crippen molar-refractivity contribution >= 4 is 0 Å². The van der Waals surface area contributed by atoms with Gasteiger partial charge >= 0.3 is 0 Å². The van der Waals surface area contributed by atoms with Crippen LogP contribution < -0.4 is 5.32 Å². The SMILES string of the molecule is CC(C)c1ccc(CN(C)CC23CC4CC(CC(C4)C2)C3)c(F)c1.CC(C)c1ccc(CN(C)CC2CCCCC2)c(F)c1.CC(C)c1ccc(CNCC2CCCCC2)c(F)c1. The maximum atomic E-state index is 14.4. The highest BCUT2D eigenvalue weighted by molar-refractivity contribution is 5.28. The van der Waals surface area contributed by atoms with Crippen LogP contribution in [-0.4, -0.2) is 43.5 Å². The molecule has 63 heavy (non-hydrogen) atoms. The van der Waals surface area contributed by atoms with Crippen LogP contribution in [0.2, 0.25) is 0 Å². The summed E-state index contributed by atoms with van der Waals surface area (Å²) in [7, 11) is 4.30. The Morgan fingerprint density at radius 3 is 1.35 bits per heavy atom. The third-order valence-corrected chi connectivity index (χ3v) is 15.7. The zero-order valence-electron chi connectivity index (χ0n) is 40.9. The monoisotopic (exact) mass is 870 g/mol. The molecular formula is C57H86F3N3. The van der Waals surface area contributed by atoms with E-state index in [2.05, 4.69) is 82.9 Å². The van der Waals surface area contributed by atoms with Crippen molar-refractivity contribution in [2.24, 2.45) is 35.0 Å². The predicted octanol–water partition coefficient (Wildman–Crippen LogP) is 15.2. The van der Waals surface area contributed by atoms with Gasteiger partial charge in [0, 0.05) is 49.4 Å². The van der Waals surface area contributed by atoms with Gasteiger partial charge in [-0.2, -0.15) is 0 Å². The molecule has 3 nitrogen and oxygen atoms in total. The first-order valence-corrected chi connectivity index (χ1v) is 25.6. The van der Waals surface area contributed by atoms with Crippen LogP contribution in [0.4, 0.5) is 13.2 Å². The molecule has 0 amide bonds. The average Bonchev–Trinajstić information content (AvgIpc) is 3.23. The van der Waals surface area contributed by atoms with Crippen molar-refractivity contribution in [2.75, 3.05) is 33.7 Å². The summed E-state index contributed by atoms with van der Waals surface area (Å²) >= 11 is 0. The number of halogens is 3. The van der Waals surface area contributed by atoms with Crippen LogP contribution in [0.1, 0.15) is 195 Å². The van der Waals surface area contributed by atoms with E-state index in [-0.39, 0.29) is 17.5 Å². The molecule has 0 radical (unpaired) electrons. The maximum Gasteiger partial charge on any atom is 0.127 e. The number of rotatable bonds is 15. The third kappa shape index (κ3) is 14.9. The Morgan fingerprint density at radius 2 is 0.937 bits per heavy atom. The van der Waals surface area contributed by atoms with Crippen molar-refractivity contribution in [3.05, 3.63) is 105 Å². The highest BCUT2D eigenvalue weighted by Gasteiger charge is 2.51. The average molecular weight is 870 g/mol. The minimum absolute atomic E-state index is 0.0291. The topological polar surface area (TPSA) is 18.5 Å². The Balaban J connectivity index is 0.000000159. The summed E-state index contributed by atoms with van der Waals surface area (Å²) in [6.45, 7) is 18.0. The van der Waals surface area contributed by atoms with E-state index < -0.39 is 0 Å². The minimum atomic E-state index is -0.0673. The number of nitrogens with zero attached hydrogens (tertiary/aromatic N) is 2. The van der Waals surface area contributed by atoms with Crippen LogP contribution in [0.25, 0.3) is 0 Å². The summed E-state index contributed by atoms with van der Waals surface area (Å²) < 4.78 is 42.5. The Kier molecular flexibility index (Phi) is 18.7. The second kappa shape index (κ2) is 23.7. The Bertz CT molecular complexity index is 1800. The lowest BCUT2D eigenvalue weighted by molar-refractivity contribution is -0.0671. The summed E-state index contributed by atoms with van der Waals surface area (Å²) in [6, 6.07) is 17.2. The molecule has 0 unspecified atom stereocenters. The number of benzene rings is 3. The standard InChI is InChI=1S/C22H32FN.C18H28FN.C17H26FN/c1-15(2)19-4-5-20(21(23)9-19)13-24(3)14-22-10-16-6-17(11-22)8-18(7-16)12-22;1-14(2)16-9-10-17(18(19)11-16)13-20(3)12-15-7-5-4-6-8-15;1-13(2)15-8-9-16(17(18)10-15)12-19-11-14-6-4-3-5-7-14/h4-5,9,15-18H,6-8,10-14H2,1-3H3;9-11,14-15H,4-8,12-13H2,1-3H3;8-10,13-14,19H,3-7,11-12H2,1-2H3. The van der Waals surface area contributed by atoms with Crippen LogP contribution in [0.3, 0.4) is 0 Å². The predicted molar refractivity (Wildman–Crippen MR) is 260 cm³/mol. The Labute approximate surface area is 382 Å². The van der Waals surface area contributed by atoms with Crippen molar-refractivity contribution in [3.8, 4) is 0 Å². The normalized spacial score (nSPS) is 23.7. The first-order chi connectivity index (χ1) is 30.1. The largest absolute Gasteiger partial charge is 0.312 e. The van der Waals surface area contributed by atoms with Gasteiger partial charge in [0.25, 0.3) is 0 Å². The molecule has 6 fully saturated rings. The van der Waals surface area contributed by atoms with Gasteiger partial charge in [0.1, 0.15) is 17.5 Å². The van der Waals surface area contributed by atoms with Gasteiger partial charge in [-0.1, -0.05) is 116 Å². The van der Waals surface area contributed by atoms with E-state index in [4.69, 9.17) is 0 Å². The highest BCUT2D eigenvalue weighted by Crippen LogP contribution is 2.60. The first kappa shape index (κ1) is 49.8. The molecule has 3 aromatic carbocycles. The van der Waals surface area contributed by atoms with Crippen LogP contribution >= 0.6 is 0 Å². The molecule has 4 bridgehead atoms. The van der Waals surface area contributed by atoms with Crippen LogP contribution in [0.15, 0.2) is 54.6 Å². The van der Waals surface area contributed by atoms with E-state index in [1.165, 1.54) is 103 Å². The molecule has 350 valence electrons. The van der Waals surface area contributed by atoms with Crippen molar-refractivity contribution in [1.82, 2.24) is 15.1 Å². The molecule has 0 atom stereocenters. The van der Waals surface area contributed by atoms with Gasteiger partial charge in [0.15, 0.2) is 0 Å². The van der Waals surface area contributed by atoms with Gasteiger partial charge in [0.2, 0.25) is 0 Å². The van der Waals surface area contributed by atoms with Gasteiger partial charge in [-0.25, -0.2) is 13.2 Å². The lowest BCUT2D eigenvalue weighted by Crippen LogP contribution is -2.50. The van der Waals surface area contributed by atoms with Gasteiger partial charge in [-0.3, -0.25) is 0 Å². The molecule has 0 saturated heterocycles. The fraction of sp³-hybridized carbons (Fsp3) is 0.684. The maximum absolute atomic E-state index is 14.4. The molecule has 6 aliphatic rings. The molecule has 9 rings (SSSR count). The summed E-state index contributed by atoms with van der Waals surface area (Å²) in [4.78, 5) is 4.67. The van der Waals surface area contributed by atoms with Gasteiger partial charge in [0.05, 0.1) is 0 Å². The summed E-state index contributed by atoms with van der Waals surface area (Å²) in [5.41, 5.74) is 6.27. The van der Waals surface area contributed by atoms with Crippen molar-refractivity contribution in [1.29, 1.82) is 0 Å². The smallest absolute Gasteiger partial charge is 0.127 e. The minimum Gasteiger partial charge on any atom is -0.312 e. The fourth-order valence-electron chi connectivity index (χ4n) is 12.5. The summed E-state index contributed by atoms with van der Waals surface area (Å²) in [6.07, 6.45) is 22.4. The van der Waals surface area contributed by atoms with Crippen LogP contribution in [-0.2, 0) is 19.6 Å². The Hall–Kier alpha value is -2.67. The number of hydrogen-bond donors (Lipinski definition) is 1. The zero-order valence-corrected chi connectivity index (χ0v) is 40.9. The van der Waals surface area contributed by atoms with E-state index >= 15 is 0 Å². The third-order valence-electron chi connectivity index (χ3n) is 15.7. The van der Waals surface area contributed by atoms with E-state index in [1.807, 2.05) is 24.3 Å². The number of nitrogens with one attached hydrogen (secondary N) is 1. The zero-order chi connectivity index (χ0) is 45.1. The lowest BCUT2D eigenvalue weighted by atomic mass is 9.49. The van der Waals surface area contributed by atoms with Gasteiger partial charge in [-0.15, -0.1) is 0 Å². The van der Waals surface area contributed by atoms with Crippen molar-refractivity contribution < 1.29 is 13.2 Å². The number of hydrogen-bond acceptors (Lipinski definition) is 3. The van der Waals surface area contributed by atoms with E-state index in [9.17, 15) is 13.2 Å². The molecule has 6 aliphatic carbocycles. The molecule has 3 aromatic rings. The molecule has 1 N–H and O–H groups in total. The fourth-order valence-corrected chi connectivity index (χ4v) is 12.5. The van der Waals surface area contributed by atoms with E-state index in [0.717, 1.165) is 95.7 Å². The summed E-state index contributed by atoms with van der Waals surface area (Å²) in [5.74, 6) is 5.60. The van der Waals surface area contributed by atoms with E-state index in [0.29, 0.717) is 29.7 Å². The molecule has 0 spiro atoms. The highest BCUT2D eigenvalue weighted by atomic mass is 19.1. The van der Waals surface area contributed by atoms with Crippen LogP contribution in [0, 0.1) is 52.5 Å². The van der Waals surface area contributed by atoms with Gasteiger partial charge in [-0.05, 0) is 172 Å². The van der Waals surface area contributed by atoms with Crippen molar-refractivity contribution in [2.45, 2.75) is 182 Å².